The second-order valence-electron chi connectivity index (χ2n) is 9.20. The average Bonchev–Trinajstić information content (AvgIpc) is 2.83. The van der Waals surface area contributed by atoms with Crippen LogP contribution in [0.5, 0.6) is 0 Å². The van der Waals surface area contributed by atoms with Gasteiger partial charge in [0.25, 0.3) is 15.9 Å². The van der Waals surface area contributed by atoms with E-state index >= 15 is 0 Å². The summed E-state index contributed by atoms with van der Waals surface area (Å²) >= 11 is 5.99. The van der Waals surface area contributed by atoms with Gasteiger partial charge in [0.05, 0.1) is 10.6 Å². The number of hydrogen-bond acceptors (Lipinski definition) is 4. The Morgan fingerprint density at radius 2 is 1.66 bits per heavy atom. The highest BCUT2D eigenvalue weighted by Crippen LogP contribution is 2.24. The molecule has 1 heterocycles. The molecule has 35 heavy (non-hydrogen) atoms. The van der Waals surface area contributed by atoms with Gasteiger partial charge in [-0.2, -0.15) is 0 Å². The summed E-state index contributed by atoms with van der Waals surface area (Å²) in [6.07, 6.45) is 2.47. The number of piperidine rings is 1. The highest BCUT2D eigenvalue weighted by molar-refractivity contribution is 7.92. The number of hydrogen-bond donors (Lipinski definition) is 2. The molecule has 3 aromatic rings. The molecular formula is C27H30ClN3O3S. The molecule has 184 valence electrons. The quantitative estimate of drug-likeness (QED) is 0.412. The number of carbonyl (C=O) groups excluding carboxylic acids is 1. The van der Waals surface area contributed by atoms with Gasteiger partial charge in [-0.3, -0.25) is 14.4 Å². The summed E-state index contributed by atoms with van der Waals surface area (Å²) in [7, 11) is -3.80. The van der Waals surface area contributed by atoms with Crippen LogP contribution in [0.2, 0.25) is 5.02 Å². The van der Waals surface area contributed by atoms with Crippen LogP contribution in [0.25, 0.3) is 0 Å². The van der Waals surface area contributed by atoms with Crippen molar-refractivity contribution in [3.63, 3.8) is 0 Å². The van der Waals surface area contributed by atoms with Gasteiger partial charge in [-0.25, -0.2) is 8.42 Å². The molecule has 0 aliphatic carbocycles. The molecule has 0 spiro atoms. The molecule has 1 aliphatic heterocycles. The van der Waals surface area contributed by atoms with E-state index in [4.69, 9.17) is 11.6 Å². The Morgan fingerprint density at radius 3 is 2.31 bits per heavy atom. The van der Waals surface area contributed by atoms with Crippen LogP contribution < -0.4 is 10.0 Å². The van der Waals surface area contributed by atoms with Crippen LogP contribution in [-0.4, -0.2) is 32.3 Å². The number of likely N-dealkylation sites (tertiary alicyclic amines) is 1. The highest BCUT2D eigenvalue weighted by atomic mass is 35.5. The van der Waals surface area contributed by atoms with Crippen LogP contribution in [0.15, 0.2) is 71.6 Å². The lowest BCUT2D eigenvalue weighted by atomic mass is 9.99. The topological polar surface area (TPSA) is 78.5 Å². The van der Waals surface area contributed by atoms with E-state index in [1.165, 1.54) is 30.5 Å². The van der Waals surface area contributed by atoms with Gasteiger partial charge < -0.3 is 5.32 Å². The normalized spacial score (nSPS) is 15.1. The minimum Gasteiger partial charge on any atom is -0.322 e. The molecule has 8 heteroatoms. The summed E-state index contributed by atoms with van der Waals surface area (Å²) in [5.74, 6) is 0.557. The van der Waals surface area contributed by atoms with E-state index in [0.717, 1.165) is 31.1 Å². The van der Waals surface area contributed by atoms with E-state index in [1.807, 2.05) is 24.3 Å². The number of rotatable bonds is 7. The van der Waals surface area contributed by atoms with Crippen LogP contribution in [0.1, 0.15) is 41.3 Å². The number of nitrogens with zero attached hydrogens (tertiary/aromatic N) is 1. The van der Waals surface area contributed by atoms with Gasteiger partial charge in [0, 0.05) is 22.8 Å². The van der Waals surface area contributed by atoms with E-state index in [1.54, 1.807) is 37.3 Å². The Kier molecular flexibility index (Phi) is 7.79. The number of halogens is 1. The number of sulfonamides is 1. The third kappa shape index (κ3) is 6.63. The molecule has 0 saturated carbocycles. The van der Waals surface area contributed by atoms with Gasteiger partial charge in [0.2, 0.25) is 0 Å². The van der Waals surface area contributed by atoms with Crippen molar-refractivity contribution in [2.75, 3.05) is 23.1 Å². The maximum atomic E-state index is 12.8. The summed E-state index contributed by atoms with van der Waals surface area (Å²) in [5, 5.41) is 3.27. The molecule has 3 aromatic carbocycles. The molecule has 1 fully saturated rings. The zero-order valence-electron chi connectivity index (χ0n) is 19.9. The van der Waals surface area contributed by atoms with E-state index in [-0.39, 0.29) is 10.8 Å². The summed E-state index contributed by atoms with van der Waals surface area (Å²) in [6.45, 7) is 7.23. The SMILES string of the molecule is Cc1ccc(Cl)cc1NS(=O)(=O)c1ccc(NC(=O)c2ccc(CN3CCC(C)CC3)cc2)cc1. The Hall–Kier alpha value is -2.87. The molecule has 1 amide bonds. The number of nitrogens with one attached hydrogen (secondary N) is 2. The van der Waals surface area contributed by atoms with Crippen molar-refractivity contribution < 1.29 is 13.2 Å². The fraction of sp³-hybridized carbons (Fsp3) is 0.296. The predicted molar refractivity (Wildman–Crippen MR) is 142 cm³/mol. The third-order valence-corrected chi connectivity index (χ3v) is 7.98. The Balaban J connectivity index is 1.36. The largest absolute Gasteiger partial charge is 0.322 e. The van der Waals surface area contributed by atoms with Crippen molar-refractivity contribution in [1.29, 1.82) is 0 Å². The average molecular weight is 512 g/mol. The molecule has 0 unspecified atom stereocenters. The van der Waals surface area contributed by atoms with Crippen LogP contribution >= 0.6 is 11.6 Å². The summed E-state index contributed by atoms with van der Waals surface area (Å²) in [4.78, 5) is 15.2. The molecule has 0 atom stereocenters. The van der Waals surface area contributed by atoms with E-state index in [9.17, 15) is 13.2 Å². The Labute approximate surface area is 212 Å². The minimum absolute atomic E-state index is 0.0892. The molecule has 6 nitrogen and oxygen atoms in total. The number of aryl methyl sites for hydroxylation is 1. The van der Waals surface area contributed by atoms with E-state index < -0.39 is 10.0 Å². The number of benzene rings is 3. The van der Waals surface area contributed by atoms with Crippen molar-refractivity contribution in [3.05, 3.63) is 88.4 Å². The lowest BCUT2D eigenvalue weighted by Gasteiger charge is -2.30. The van der Waals surface area contributed by atoms with Gasteiger partial charge in [-0.1, -0.05) is 36.7 Å². The molecule has 0 bridgehead atoms. The smallest absolute Gasteiger partial charge is 0.261 e. The maximum Gasteiger partial charge on any atom is 0.261 e. The fourth-order valence-electron chi connectivity index (χ4n) is 4.07. The number of amides is 1. The molecular weight excluding hydrogens is 482 g/mol. The molecule has 1 saturated heterocycles. The van der Waals surface area contributed by atoms with Crippen molar-refractivity contribution in [3.8, 4) is 0 Å². The predicted octanol–water partition coefficient (Wildman–Crippen LogP) is 5.93. The number of carbonyl (C=O) groups is 1. The molecule has 2 N–H and O–H groups in total. The van der Waals surface area contributed by atoms with Crippen molar-refractivity contribution >= 4 is 38.9 Å². The Bertz CT molecular complexity index is 1280. The van der Waals surface area contributed by atoms with Crippen molar-refractivity contribution in [2.24, 2.45) is 5.92 Å². The lowest BCUT2D eigenvalue weighted by molar-refractivity contribution is 0.102. The summed E-state index contributed by atoms with van der Waals surface area (Å²) in [6, 6.07) is 18.7. The zero-order valence-corrected chi connectivity index (χ0v) is 21.5. The van der Waals surface area contributed by atoms with Gasteiger partial charge in [-0.15, -0.1) is 0 Å². The first kappa shape index (κ1) is 25.2. The third-order valence-electron chi connectivity index (χ3n) is 6.36. The van der Waals surface area contributed by atoms with Crippen LogP contribution in [0.4, 0.5) is 11.4 Å². The first-order chi connectivity index (χ1) is 16.7. The van der Waals surface area contributed by atoms with Crippen LogP contribution in [-0.2, 0) is 16.6 Å². The van der Waals surface area contributed by atoms with Crippen molar-refractivity contribution in [1.82, 2.24) is 4.90 Å². The maximum absolute atomic E-state index is 12.8. The van der Waals surface area contributed by atoms with Gasteiger partial charge >= 0.3 is 0 Å². The first-order valence-electron chi connectivity index (χ1n) is 11.7. The van der Waals surface area contributed by atoms with Gasteiger partial charge in [-0.05, 0) is 98.4 Å². The Morgan fingerprint density at radius 1 is 1.00 bits per heavy atom. The summed E-state index contributed by atoms with van der Waals surface area (Å²) in [5.41, 5.74) is 3.44. The minimum atomic E-state index is -3.80. The molecule has 0 radical (unpaired) electrons. The van der Waals surface area contributed by atoms with Crippen LogP contribution in [0.3, 0.4) is 0 Å². The second kappa shape index (κ2) is 10.8. The van der Waals surface area contributed by atoms with Crippen molar-refractivity contribution in [2.45, 2.75) is 38.1 Å². The van der Waals surface area contributed by atoms with Gasteiger partial charge in [0.15, 0.2) is 0 Å². The standard InChI is InChI=1S/C27H30ClN3O3S/c1-19-13-15-31(16-14-19)18-21-4-6-22(7-5-21)27(32)29-24-9-11-25(12-10-24)35(33,34)30-26-17-23(28)8-3-20(26)2/h3-12,17,19,30H,13-16,18H2,1-2H3,(H,29,32). The van der Waals surface area contributed by atoms with E-state index in [2.05, 4.69) is 21.9 Å². The van der Waals surface area contributed by atoms with Crippen LogP contribution in [0, 0.1) is 12.8 Å². The molecule has 4 rings (SSSR count). The van der Waals surface area contributed by atoms with Gasteiger partial charge in [0.1, 0.15) is 0 Å². The summed E-state index contributed by atoms with van der Waals surface area (Å²) < 4.78 is 28.1. The second-order valence-corrected chi connectivity index (χ2v) is 11.3. The lowest BCUT2D eigenvalue weighted by Crippen LogP contribution is -2.32. The van der Waals surface area contributed by atoms with E-state index in [0.29, 0.717) is 22.0 Å². The molecule has 1 aliphatic rings. The fourth-order valence-corrected chi connectivity index (χ4v) is 5.36. The number of anilines is 2. The highest BCUT2D eigenvalue weighted by Gasteiger charge is 2.17. The zero-order chi connectivity index (χ0) is 25.0. The first-order valence-corrected chi connectivity index (χ1v) is 13.6. The monoisotopic (exact) mass is 511 g/mol. The molecule has 0 aromatic heterocycles.